The molecule has 1 rings (SSSR count). The Kier molecular flexibility index (Phi) is 19.6. The lowest BCUT2D eigenvalue weighted by molar-refractivity contribution is -0.132. The summed E-state index contributed by atoms with van der Waals surface area (Å²) in [6.45, 7) is 40.6. The molecule has 9 heteroatoms. The highest BCUT2D eigenvalue weighted by atomic mass is 28.4. The fourth-order valence-electron chi connectivity index (χ4n) is 7.56. The van der Waals surface area contributed by atoms with E-state index in [-0.39, 0.29) is 57.8 Å². The molecular formula is C44H84N2O5Si2. The average molecular weight is 777 g/mol. The van der Waals surface area contributed by atoms with Crippen molar-refractivity contribution in [1.82, 2.24) is 4.90 Å². The Hall–Kier alpha value is -1.69. The third-order valence-corrected chi connectivity index (χ3v) is 21.8. The van der Waals surface area contributed by atoms with Crippen molar-refractivity contribution in [3.05, 3.63) is 36.5 Å². The Morgan fingerprint density at radius 1 is 0.830 bits per heavy atom. The van der Waals surface area contributed by atoms with Gasteiger partial charge in [-0.1, -0.05) is 132 Å². The molecule has 0 aliphatic heterocycles. The molecule has 0 saturated heterocycles. The van der Waals surface area contributed by atoms with Gasteiger partial charge in [-0.25, -0.2) is 4.79 Å². The molecule has 1 saturated carbocycles. The van der Waals surface area contributed by atoms with Crippen molar-refractivity contribution in [3.63, 3.8) is 0 Å². The van der Waals surface area contributed by atoms with Crippen LogP contribution in [0.1, 0.15) is 128 Å². The van der Waals surface area contributed by atoms with Gasteiger partial charge in [0.2, 0.25) is 5.91 Å². The van der Waals surface area contributed by atoms with E-state index in [1.165, 1.54) is 37.7 Å². The Morgan fingerprint density at radius 3 is 1.81 bits per heavy atom. The van der Waals surface area contributed by atoms with Gasteiger partial charge in [0.05, 0.1) is 12.2 Å². The van der Waals surface area contributed by atoms with Crippen molar-refractivity contribution >= 4 is 28.6 Å². The maximum atomic E-state index is 13.4. The molecule has 0 heterocycles. The highest BCUT2D eigenvalue weighted by Gasteiger charge is 2.45. The lowest BCUT2D eigenvalue weighted by atomic mass is 9.81. The van der Waals surface area contributed by atoms with E-state index in [2.05, 4.69) is 122 Å². The number of ether oxygens (including phenoxy) is 1. The second kappa shape index (κ2) is 21.0. The average Bonchev–Trinajstić information content (AvgIpc) is 3.02. The van der Waals surface area contributed by atoms with Crippen molar-refractivity contribution in [2.45, 2.75) is 183 Å². The van der Waals surface area contributed by atoms with Crippen molar-refractivity contribution in [3.8, 4) is 0 Å². The van der Waals surface area contributed by atoms with Gasteiger partial charge in [0.25, 0.3) is 0 Å². The number of primary amides is 1. The standard InChI is InChI=1S/C44H84N2O5Si2/c1-19-20-24-32(3)40(49-42(45)48)36(7)41(51-53(17,18)44(11,12)13)34(5)28-31(2)27-33(4)39(50-52(15,16)43(8,9)10)35(6)30-46(14)38(47)29-37-25-22-21-23-26-37/h19-20,24,27,32-37,39-41H,1,21-23,25-26,28-30H2,2-18H3,(H2,45,48)/t32-,33-,34?,35-,36?,39+,40?,41?/m0/s1. The predicted octanol–water partition coefficient (Wildman–Crippen LogP) is 11.9. The molecule has 308 valence electrons. The summed E-state index contributed by atoms with van der Waals surface area (Å²) >= 11 is 0. The van der Waals surface area contributed by atoms with Gasteiger partial charge in [0.1, 0.15) is 6.10 Å². The molecule has 1 fully saturated rings. The Labute approximate surface area is 329 Å². The monoisotopic (exact) mass is 777 g/mol. The Bertz CT molecular complexity index is 1210. The molecule has 8 atom stereocenters. The van der Waals surface area contributed by atoms with Gasteiger partial charge >= 0.3 is 6.09 Å². The lowest BCUT2D eigenvalue weighted by Crippen LogP contribution is -2.50. The number of rotatable bonds is 20. The first kappa shape index (κ1) is 49.3. The molecule has 0 spiro atoms. The molecule has 0 bridgehead atoms. The Balaban J connectivity index is 3.46. The first-order chi connectivity index (χ1) is 24.1. The fourth-order valence-corrected chi connectivity index (χ4v) is 10.5. The summed E-state index contributed by atoms with van der Waals surface area (Å²) < 4.78 is 20.3. The molecule has 7 nitrogen and oxygen atoms in total. The zero-order chi connectivity index (χ0) is 41.1. The minimum absolute atomic E-state index is 0.00782. The molecule has 1 aliphatic rings. The van der Waals surface area contributed by atoms with E-state index in [0.717, 1.165) is 6.42 Å². The van der Waals surface area contributed by atoms with Crippen LogP contribution in [-0.2, 0) is 18.4 Å². The number of nitrogens with zero attached hydrogens (tertiary/aromatic N) is 1. The van der Waals surface area contributed by atoms with Crippen molar-refractivity contribution in [1.29, 1.82) is 0 Å². The number of hydrogen-bond acceptors (Lipinski definition) is 5. The Morgan fingerprint density at radius 2 is 1.34 bits per heavy atom. The summed E-state index contributed by atoms with van der Waals surface area (Å²) in [5.41, 5.74) is 6.92. The summed E-state index contributed by atoms with van der Waals surface area (Å²) in [4.78, 5) is 27.5. The molecule has 0 radical (unpaired) electrons. The van der Waals surface area contributed by atoms with Crippen LogP contribution in [0.3, 0.4) is 0 Å². The minimum Gasteiger partial charge on any atom is -0.445 e. The van der Waals surface area contributed by atoms with Crippen LogP contribution in [0.2, 0.25) is 36.3 Å². The largest absolute Gasteiger partial charge is 0.445 e. The number of amides is 2. The number of carbonyl (C=O) groups is 2. The molecular weight excluding hydrogens is 693 g/mol. The summed E-state index contributed by atoms with van der Waals surface area (Å²) in [6.07, 6.45) is 14.3. The summed E-state index contributed by atoms with van der Waals surface area (Å²) in [5.74, 6) is 1.03. The molecule has 0 aromatic heterocycles. The second-order valence-corrected chi connectivity index (χ2v) is 29.5. The first-order valence-corrected chi connectivity index (χ1v) is 26.5. The third kappa shape index (κ3) is 15.8. The van der Waals surface area contributed by atoms with Crippen LogP contribution in [-0.4, -0.2) is 65.4 Å². The van der Waals surface area contributed by atoms with Crippen molar-refractivity contribution in [2.24, 2.45) is 41.2 Å². The first-order valence-electron chi connectivity index (χ1n) is 20.7. The third-order valence-electron chi connectivity index (χ3n) is 12.8. The van der Waals surface area contributed by atoms with Crippen LogP contribution < -0.4 is 5.73 Å². The van der Waals surface area contributed by atoms with Crippen LogP contribution in [0.25, 0.3) is 0 Å². The molecule has 4 unspecified atom stereocenters. The molecule has 0 aromatic rings. The predicted molar refractivity (Wildman–Crippen MR) is 231 cm³/mol. The van der Waals surface area contributed by atoms with E-state index in [1.807, 2.05) is 24.1 Å². The van der Waals surface area contributed by atoms with E-state index < -0.39 is 28.8 Å². The van der Waals surface area contributed by atoms with E-state index in [4.69, 9.17) is 19.3 Å². The van der Waals surface area contributed by atoms with Gasteiger partial charge in [0, 0.05) is 31.8 Å². The normalized spacial score (nSPS) is 20.2. The van der Waals surface area contributed by atoms with Gasteiger partial charge < -0.3 is 24.2 Å². The summed E-state index contributed by atoms with van der Waals surface area (Å²) in [7, 11) is -2.36. The number of hydrogen-bond donors (Lipinski definition) is 1. The SMILES string of the molecule is C=CC=C[C@H](C)C(OC(N)=O)C(C)C(O[Si](C)(C)C(C)(C)C)C(C)CC(C)=C[C@H](C)[C@@H](O[Si](C)(C)C(C)(C)C)[C@@H](C)CN(C)C(=O)CC1CCCCC1. The minimum atomic E-state index is -2.21. The second-order valence-electron chi connectivity index (χ2n) is 19.9. The molecule has 1 aliphatic carbocycles. The van der Waals surface area contributed by atoms with E-state index in [9.17, 15) is 9.59 Å². The number of nitrogens with two attached hydrogens (primary N) is 1. The molecule has 2 amide bonds. The summed E-state index contributed by atoms with van der Waals surface area (Å²) in [6, 6.07) is 0. The fraction of sp³-hybridized carbons (Fsp3) is 0.818. The maximum Gasteiger partial charge on any atom is 0.404 e. The zero-order valence-corrected chi connectivity index (χ0v) is 39.4. The highest BCUT2D eigenvalue weighted by Crippen LogP contribution is 2.42. The summed E-state index contributed by atoms with van der Waals surface area (Å²) in [5, 5.41) is 0.0700. The van der Waals surface area contributed by atoms with E-state index in [1.54, 1.807) is 6.08 Å². The number of allylic oxidation sites excluding steroid dienone is 3. The number of carbonyl (C=O) groups excluding carboxylic acids is 2. The topological polar surface area (TPSA) is 91.1 Å². The van der Waals surface area contributed by atoms with Crippen LogP contribution in [0.15, 0.2) is 36.5 Å². The van der Waals surface area contributed by atoms with Gasteiger partial charge in [-0.3, -0.25) is 4.79 Å². The highest BCUT2D eigenvalue weighted by molar-refractivity contribution is 6.74. The van der Waals surface area contributed by atoms with Gasteiger partial charge in [0.15, 0.2) is 16.6 Å². The molecule has 0 aromatic carbocycles. The van der Waals surface area contributed by atoms with Crippen LogP contribution in [0.5, 0.6) is 0 Å². The zero-order valence-electron chi connectivity index (χ0n) is 37.4. The van der Waals surface area contributed by atoms with E-state index >= 15 is 0 Å². The smallest absolute Gasteiger partial charge is 0.404 e. The lowest BCUT2D eigenvalue weighted by Gasteiger charge is -2.45. The van der Waals surface area contributed by atoms with Crippen molar-refractivity contribution in [2.75, 3.05) is 13.6 Å². The van der Waals surface area contributed by atoms with Crippen LogP contribution in [0, 0.1) is 35.5 Å². The van der Waals surface area contributed by atoms with Gasteiger partial charge in [-0.2, -0.15) is 0 Å². The van der Waals surface area contributed by atoms with Crippen molar-refractivity contribution < 1.29 is 23.2 Å². The van der Waals surface area contributed by atoms with E-state index in [0.29, 0.717) is 18.9 Å². The van der Waals surface area contributed by atoms with Crippen LogP contribution in [0.4, 0.5) is 4.79 Å². The maximum absolute atomic E-state index is 13.4. The molecule has 53 heavy (non-hydrogen) atoms. The van der Waals surface area contributed by atoms with Gasteiger partial charge in [-0.15, -0.1) is 0 Å². The van der Waals surface area contributed by atoms with Crippen LogP contribution >= 0.6 is 0 Å². The quantitative estimate of drug-likeness (QED) is 0.0755. The van der Waals surface area contributed by atoms with Gasteiger partial charge in [-0.05, 0) is 86.1 Å². The molecule has 2 N–H and O–H groups in total.